The van der Waals surface area contributed by atoms with E-state index in [-0.39, 0.29) is 38.9 Å². The molecule has 0 aliphatic heterocycles. The topological polar surface area (TPSA) is 148 Å². The molecule has 10 nitrogen and oxygen atoms in total. The van der Waals surface area contributed by atoms with Gasteiger partial charge in [-0.15, -0.1) is 5.10 Å². The number of benzene rings is 3. The molecule has 1 fully saturated rings. The molecule has 50 heavy (non-hydrogen) atoms. The van der Waals surface area contributed by atoms with Crippen molar-refractivity contribution in [3.63, 3.8) is 0 Å². The molecule has 1 aromatic heterocycles. The van der Waals surface area contributed by atoms with E-state index in [1.165, 1.54) is 46.8 Å². The first-order valence-electron chi connectivity index (χ1n) is 17.0. The Kier molecular flexibility index (Phi) is 17.5. The van der Waals surface area contributed by atoms with E-state index in [0.29, 0.717) is 44.6 Å². The summed E-state index contributed by atoms with van der Waals surface area (Å²) in [6, 6.07) is 32.0. The molecule has 0 bridgehead atoms. The van der Waals surface area contributed by atoms with E-state index in [1.807, 2.05) is 18.2 Å². The Morgan fingerprint density at radius 1 is 0.820 bits per heavy atom. The first-order valence-corrected chi connectivity index (χ1v) is 17.0. The van der Waals surface area contributed by atoms with Crippen molar-refractivity contribution in [2.45, 2.75) is 62.9 Å². The number of hydrogen-bond acceptors (Lipinski definition) is 6. The monoisotopic (exact) mass is 863 g/mol. The number of rotatable bonds is 17. The largest absolute Gasteiger partial charge is 2.00 e. The average Bonchev–Trinajstić information content (AvgIpc) is 3.58. The molecule has 3 N–H and O–H groups in total. The van der Waals surface area contributed by atoms with Gasteiger partial charge in [-0.05, 0) is 29.5 Å². The molecule has 0 spiro atoms. The van der Waals surface area contributed by atoms with Crippen molar-refractivity contribution in [1.82, 2.24) is 15.0 Å². The number of ether oxygens (including phenoxy) is 2. The molecule has 0 unspecified atom stereocenters. The van der Waals surface area contributed by atoms with E-state index in [4.69, 9.17) is 25.4 Å². The van der Waals surface area contributed by atoms with Crippen LogP contribution in [0.5, 0.6) is 0 Å². The van der Waals surface area contributed by atoms with Gasteiger partial charge in [0.1, 0.15) is 0 Å². The minimum Gasteiger partial charge on any atom is -0.677 e. The van der Waals surface area contributed by atoms with Crippen LogP contribution in [-0.2, 0) is 58.5 Å². The first kappa shape index (κ1) is 40.7. The molecular weight excluding hydrogens is 816 g/mol. The minimum absolute atomic E-state index is 0. The Bertz CT molecular complexity index is 1420. The van der Waals surface area contributed by atoms with Crippen molar-refractivity contribution in [2.24, 2.45) is 11.8 Å². The Morgan fingerprint density at radius 3 is 1.78 bits per heavy atom. The quantitative estimate of drug-likeness (QED) is 0.0506. The molecule has 5 rings (SSSR count). The molecule has 0 amide bonds. The number of carboxylic acid groups (broad SMARTS) is 2. The van der Waals surface area contributed by atoms with Crippen molar-refractivity contribution >= 4 is 11.9 Å². The zero-order valence-corrected chi connectivity index (χ0v) is 30.6. The molecule has 2 atom stereocenters. The summed E-state index contributed by atoms with van der Waals surface area (Å²) in [6.45, 7) is 6.14. The fourth-order valence-electron chi connectivity index (χ4n) is 6.26. The van der Waals surface area contributed by atoms with Gasteiger partial charge in [-0.3, -0.25) is 9.59 Å². The summed E-state index contributed by atoms with van der Waals surface area (Å²) >= 11 is 0. The van der Waals surface area contributed by atoms with Gasteiger partial charge in [-0.25, -0.2) is 4.68 Å². The van der Waals surface area contributed by atoms with E-state index in [9.17, 15) is 9.59 Å². The van der Waals surface area contributed by atoms with Crippen LogP contribution < -0.4 is 0 Å². The second-order valence-electron chi connectivity index (χ2n) is 12.4. The average molecular weight is 864 g/mol. The molecule has 1 aliphatic rings. The zero-order chi connectivity index (χ0) is 34.9. The smallest absolute Gasteiger partial charge is 0.677 e. The maximum atomic E-state index is 11.1. The molecular formula is C39H48N4O6Pt. The maximum Gasteiger partial charge on any atom is 2.00 e. The summed E-state index contributed by atoms with van der Waals surface area (Å²) in [4.78, 5) is 22.1. The molecule has 4 aromatic rings. The third-order valence-electron chi connectivity index (χ3n) is 8.98. The van der Waals surface area contributed by atoms with Crippen molar-refractivity contribution in [3.8, 4) is 0 Å². The Balaban J connectivity index is 0.000000660. The van der Waals surface area contributed by atoms with Gasteiger partial charge < -0.3 is 32.3 Å². The number of nitrogens with zero attached hydrogens (tertiary/aromatic N) is 3. The van der Waals surface area contributed by atoms with Gasteiger partial charge in [0.15, 0.2) is 5.92 Å². The van der Waals surface area contributed by atoms with Crippen LogP contribution in [0.25, 0.3) is 5.73 Å². The molecule has 1 saturated carbocycles. The van der Waals surface area contributed by atoms with Crippen LogP contribution in [0.1, 0.15) is 60.9 Å². The van der Waals surface area contributed by atoms with E-state index in [2.05, 4.69) is 90.0 Å². The fourth-order valence-corrected chi connectivity index (χ4v) is 6.26. The van der Waals surface area contributed by atoms with Crippen LogP contribution in [0.3, 0.4) is 0 Å². The van der Waals surface area contributed by atoms with E-state index in [0.717, 1.165) is 19.3 Å². The van der Waals surface area contributed by atoms with E-state index >= 15 is 0 Å². The molecule has 3 aromatic carbocycles. The molecule has 0 saturated heterocycles. The number of aliphatic carboxylic acids is 2. The van der Waals surface area contributed by atoms with E-state index < -0.39 is 17.9 Å². The number of nitrogens with one attached hydrogen (secondary N) is 1. The minimum atomic E-state index is -1.55. The summed E-state index contributed by atoms with van der Waals surface area (Å²) in [6.07, 6.45) is 7.85. The predicted octanol–water partition coefficient (Wildman–Crippen LogP) is 6.88. The molecule has 11 heteroatoms. The molecule has 1 heterocycles. The van der Waals surface area contributed by atoms with Crippen LogP contribution in [0, 0.1) is 18.8 Å². The fraction of sp³-hybridized carbons (Fsp3) is 0.410. The Hall–Kier alpha value is -3.69. The summed E-state index contributed by atoms with van der Waals surface area (Å²) in [5.74, 6) is -3.93. The third kappa shape index (κ3) is 12.0. The third-order valence-corrected chi connectivity index (χ3v) is 8.98. The van der Waals surface area contributed by atoms with Crippen LogP contribution in [0.15, 0.2) is 97.2 Å². The zero-order valence-electron chi connectivity index (χ0n) is 28.3. The van der Waals surface area contributed by atoms with Crippen LogP contribution in [0.2, 0.25) is 0 Å². The molecule has 1 aliphatic carbocycles. The van der Waals surface area contributed by atoms with Crippen molar-refractivity contribution < 1.29 is 50.3 Å². The SMILES string of the molecule is O=C(O)C(Cc1cn(CCOCCOCCCC(c2ccccc2)(c2ccccc2)c2ccccc2)nn1)C(=O)O.[CH2-][C@@H]1CCCC[C@H]1[NH-].[Pt+2]. The van der Waals surface area contributed by atoms with Gasteiger partial charge in [-0.1, -0.05) is 122 Å². The van der Waals surface area contributed by atoms with Gasteiger partial charge >= 0.3 is 33.0 Å². The van der Waals surface area contributed by atoms with Gasteiger partial charge in [-0.2, -0.15) is 12.0 Å². The van der Waals surface area contributed by atoms with Crippen LogP contribution >= 0.6 is 0 Å². The van der Waals surface area contributed by atoms with Gasteiger partial charge in [0.2, 0.25) is 0 Å². The summed E-state index contributed by atoms with van der Waals surface area (Å²) in [5.41, 5.74) is 11.2. The number of carbonyl (C=O) groups is 2. The maximum absolute atomic E-state index is 11.1. The number of hydrogen-bond donors (Lipinski definition) is 2. The standard InChI is InChI=1S/C32H35N3O6.C7H13N.Pt/c36-30(37)29(31(38)39)23-28-24-35(34-33-28)18-20-41-22-21-40-19-10-17-32(25-11-4-1-5-12-25,26-13-6-2-7-14-26)27-15-8-3-9-16-27;1-6-4-2-3-5-7(6)8;/h1-9,11-16,24,29H,10,17-23H2,(H,36,37)(H,38,39);6-8H,1-5H2;/q;-2;+2/t;6-,7-;/m.1./s1. The Morgan fingerprint density at radius 2 is 1.32 bits per heavy atom. The second kappa shape index (κ2) is 21.5. The van der Waals surface area contributed by atoms with Crippen molar-refractivity contribution in [2.75, 3.05) is 26.4 Å². The van der Waals surface area contributed by atoms with Gasteiger partial charge in [0.25, 0.3) is 0 Å². The number of aromatic nitrogens is 3. The summed E-state index contributed by atoms with van der Waals surface area (Å²) in [7, 11) is 0. The van der Waals surface area contributed by atoms with Gasteiger partial charge in [0.05, 0.1) is 32.1 Å². The van der Waals surface area contributed by atoms with Crippen LogP contribution in [-0.4, -0.2) is 69.6 Å². The molecule has 0 radical (unpaired) electrons. The second-order valence-corrected chi connectivity index (χ2v) is 12.4. The van der Waals surface area contributed by atoms with Crippen molar-refractivity contribution in [3.05, 3.63) is 132 Å². The summed E-state index contributed by atoms with van der Waals surface area (Å²) < 4.78 is 13.1. The van der Waals surface area contributed by atoms with Crippen molar-refractivity contribution in [1.29, 1.82) is 0 Å². The normalized spacial score (nSPS) is 15.8. The predicted molar refractivity (Wildman–Crippen MR) is 188 cm³/mol. The van der Waals surface area contributed by atoms with Gasteiger partial charge in [0, 0.05) is 24.6 Å². The van der Waals surface area contributed by atoms with Crippen LogP contribution in [0.4, 0.5) is 0 Å². The Labute approximate surface area is 309 Å². The summed E-state index contributed by atoms with van der Waals surface area (Å²) in [5, 5.41) is 25.8. The molecule has 270 valence electrons. The number of carboxylic acids is 2. The first-order chi connectivity index (χ1) is 23.8. The van der Waals surface area contributed by atoms with E-state index in [1.54, 1.807) is 0 Å².